The summed E-state index contributed by atoms with van der Waals surface area (Å²) in [4.78, 5) is 23.6. The van der Waals surface area contributed by atoms with E-state index >= 15 is 0 Å². The minimum atomic E-state index is -1.16. The molecule has 0 atom stereocenters. The molecule has 21 heavy (non-hydrogen) atoms. The zero-order valence-corrected chi connectivity index (χ0v) is 11.9. The highest BCUT2D eigenvalue weighted by Crippen LogP contribution is 2.24. The summed E-state index contributed by atoms with van der Waals surface area (Å²) < 4.78 is 0. The Labute approximate surface area is 122 Å². The quantitative estimate of drug-likeness (QED) is 0.637. The first-order chi connectivity index (χ1) is 9.97. The molecule has 1 aromatic rings. The molecule has 0 saturated carbocycles. The Balaban J connectivity index is 2.05. The van der Waals surface area contributed by atoms with Gasteiger partial charge < -0.3 is 15.3 Å². The number of piperidine rings is 1. The highest BCUT2D eigenvalue weighted by atomic mass is 16.6. The Morgan fingerprint density at radius 2 is 2.14 bits per heavy atom. The third-order valence-electron chi connectivity index (χ3n) is 3.86. The van der Waals surface area contributed by atoms with Crippen molar-refractivity contribution in [2.75, 3.05) is 32.0 Å². The van der Waals surface area contributed by atoms with E-state index in [4.69, 9.17) is 0 Å². The SMILES string of the molecule is CN1CCC(CNc2ccc([N+](=O)[O-])cc2C(=O)O)CC1. The maximum absolute atomic E-state index is 11.2. The molecule has 0 aliphatic carbocycles. The highest BCUT2D eigenvalue weighted by molar-refractivity contribution is 5.95. The molecule has 1 aliphatic heterocycles. The van der Waals surface area contributed by atoms with Gasteiger partial charge in [-0.25, -0.2) is 4.79 Å². The molecule has 0 spiro atoms. The molecule has 7 heteroatoms. The molecule has 0 aromatic heterocycles. The molecule has 2 N–H and O–H groups in total. The van der Waals surface area contributed by atoms with Gasteiger partial charge in [-0.1, -0.05) is 0 Å². The van der Waals surface area contributed by atoms with Gasteiger partial charge in [-0.15, -0.1) is 0 Å². The van der Waals surface area contributed by atoms with Gasteiger partial charge in [0, 0.05) is 24.4 Å². The van der Waals surface area contributed by atoms with Crippen molar-refractivity contribution in [3.05, 3.63) is 33.9 Å². The van der Waals surface area contributed by atoms with Crippen LogP contribution in [0, 0.1) is 16.0 Å². The molecular weight excluding hydrogens is 274 g/mol. The van der Waals surface area contributed by atoms with Crippen LogP contribution < -0.4 is 5.32 Å². The number of nitro benzene ring substituents is 1. The first-order valence-electron chi connectivity index (χ1n) is 6.91. The fourth-order valence-corrected chi connectivity index (χ4v) is 2.50. The Morgan fingerprint density at radius 3 is 2.71 bits per heavy atom. The molecule has 1 saturated heterocycles. The lowest BCUT2D eigenvalue weighted by molar-refractivity contribution is -0.384. The van der Waals surface area contributed by atoms with E-state index in [-0.39, 0.29) is 11.3 Å². The van der Waals surface area contributed by atoms with E-state index < -0.39 is 10.9 Å². The molecule has 0 radical (unpaired) electrons. The molecule has 0 amide bonds. The topological polar surface area (TPSA) is 95.7 Å². The monoisotopic (exact) mass is 293 g/mol. The number of anilines is 1. The molecule has 0 bridgehead atoms. The predicted molar refractivity (Wildman–Crippen MR) is 78.8 cm³/mol. The normalized spacial score (nSPS) is 16.6. The number of hydrogen-bond donors (Lipinski definition) is 2. The summed E-state index contributed by atoms with van der Waals surface area (Å²) in [5, 5.41) is 23.0. The van der Waals surface area contributed by atoms with Crippen molar-refractivity contribution in [1.29, 1.82) is 0 Å². The number of non-ortho nitro benzene ring substituents is 1. The Bertz CT molecular complexity index is 539. The number of carboxylic acid groups (broad SMARTS) is 1. The summed E-state index contributed by atoms with van der Waals surface area (Å²) in [7, 11) is 2.09. The number of hydrogen-bond acceptors (Lipinski definition) is 5. The second-order valence-electron chi connectivity index (χ2n) is 5.42. The fraction of sp³-hybridized carbons (Fsp3) is 0.500. The number of carbonyl (C=O) groups is 1. The standard InChI is InChI=1S/C14H19N3O4/c1-16-6-4-10(5-7-16)9-15-13-3-2-11(17(20)21)8-12(13)14(18)19/h2-3,8,10,15H,4-7,9H2,1H3,(H,18,19). The van der Waals surface area contributed by atoms with Crippen LogP contribution in [0.3, 0.4) is 0 Å². The Hall–Kier alpha value is -2.15. The fourth-order valence-electron chi connectivity index (χ4n) is 2.50. The van der Waals surface area contributed by atoms with Gasteiger partial charge in [0.05, 0.1) is 10.5 Å². The predicted octanol–water partition coefficient (Wildman–Crippen LogP) is 2.05. The summed E-state index contributed by atoms with van der Waals surface area (Å²) in [5.74, 6) is -0.664. The molecule has 1 aliphatic rings. The van der Waals surface area contributed by atoms with E-state index in [1.54, 1.807) is 0 Å². The van der Waals surface area contributed by atoms with Crippen LogP contribution in [0.1, 0.15) is 23.2 Å². The van der Waals surface area contributed by atoms with E-state index in [9.17, 15) is 20.0 Å². The molecule has 1 aromatic carbocycles. The number of carboxylic acids is 1. The van der Waals surface area contributed by atoms with Crippen molar-refractivity contribution in [1.82, 2.24) is 4.90 Å². The lowest BCUT2D eigenvalue weighted by atomic mass is 9.97. The van der Waals surface area contributed by atoms with Crippen molar-refractivity contribution < 1.29 is 14.8 Å². The van der Waals surface area contributed by atoms with Gasteiger partial charge in [-0.2, -0.15) is 0 Å². The summed E-state index contributed by atoms with van der Waals surface area (Å²) in [6, 6.07) is 3.89. The van der Waals surface area contributed by atoms with Crippen LogP contribution >= 0.6 is 0 Å². The van der Waals surface area contributed by atoms with Crippen molar-refractivity contribution in [3.63, 3.8) is 0 Å². The number of aromatic carboxylic acids is 1. The van der Waals surface area contributed by atoms with Crippen LogP contribution in [-0.4, -0.2) is 47.6 Å². The van der Waals surface area contributed by atoms with E-state index in [0.29, 0.717) is 18.2 Å². The molecule has 1 fully saturated rings. The number of likely N-dealkylation sites (tertiary alicyclic amines) is 1. The van der Waals surface area contributed by atoms with Gasteiger partial charge in [0.25, 0.3) is 5.69 Å². The molecule has 114 valence electrons. The molecule has 2 rings (SSSR count). The number of nitrogens with one attached hydrogen (secondary N) is 1. The zero-order chi connectivity index (χ0) is 15.4. The van der Waals surface area contributed by atoms with E-state index in [2.05, 4.69) is 17.3 Å². The summed E-state index contributed by atoms with van der Waals surface area (Å²) >= 11 is 0. The zero-order valence-electron chi connectivity index (χ0n) is 11.9. The Kier molecular flexibility index (Phi) is 4.74. The van der Waals surface area contributed by atoms with Crippen LogP contribution in [0.4, 0.5) is 11.4 Å². The van der Waals surface area contributed by atoms with Crippen molar-refractivity contribution in [2.24, 2.45) is 5.92 Å². The first kappa shape index (κ1) is 15.2. The van der Waals surface area contributed by atoms with Crippen molar-refractivity contribution >= 4 is 17.3 Å². The second-order valence-corrected chi connectivity index (χ2v) is 5.42. The van der Waals surface area contributed by atoms with Gasteiger partial charge in [-0.05, 0) is 45.0 Å². The third-order valence-corrected chi connectivity index (χ3v) is 3.86. The van der Waals surface area contributed by atoms with Crippen LogP contribution in [-0.2, 0) is 0 Å². The maximum Gasteiger partial charge on any atom is 0.338 e. The van der Waals surface area contributed by atoms with Gasteiger partial charge in [0.2, 0.25) is 0 Å². The summed E-state index contributed by atoms with van der Waals surface area (Å²) in [5.41, 5.74) is 0.168. The smallest absolute Gasteiger partial charge is 0.338 e. The summed E-state index contributed by atoms with van der Waals surface area (Å²) in [6.07, 6.45) is 2.14. The number of nitrogens with zero attached hydrogens (tertiary/aromatic N) is 2. The van der Waals surface area contributed by atoms with Gasteiger partial charge >= 0.3 is 5.97 Å². The van der Waals surface area contributed by atoms with Gasteiger partial charge in [0.1, 0.15) is 0 Å². The average Bonchev–Trinajstić information content (AvgIpc) is 2.46. The first-order valence-corrected chi connectivity index (χ1v) is 6.91. The number of nitro groups is 1. The lowest BCUT2D eigenvalue weighted by Gasteiger charge is -2.29. The minimum absolute atomic E-state index is 0.0582. The molecule has 1 heterocycles. The Morgan fingerprint density at radius 1 is 1.48 bits per heavy atom. The second kappa shape index (κ2) is 6.53. The highest BCUT2D eigenvalue weighted by Gasteiger charge is 2.19. The minimum Gasteiger partial charge on any atom is -0.478 e. The van der Waals surface area contributed by atoms with E-state index in [1.165, 1.54) is 12.1 Å². The maximum atomic E-state index is 11.2. The van der Waals surface area contributed by atoms with Crippen LogP contribution in [0.2, 0.25) is 0 Å². The van der Waals surface area contributed by atoms with Crippen LogP contribution in [0.15, 0.2) is 18.2 Å². The van der Waals surface area contributed by atoms with Crippen molar-refractivity contribution in [2.45, 2.75) is 12.8 Å². The number of rotatable bonds is 5. The molecule has 0 unspecified atom stereocenters. The summed E-state index contributed by atoms with van der Waals surface area (Å²) in [6.45, 7) is 2.77. The molecule has 7 nitrogen and oxygen atoms in total. The van der Waals surface area contributed by atoms with E-state index in [1.807, 2.05) is 0 Å². The number of benzene rings is 1. The largest absolute Gasteiger partial charge is 0.478 e. The molecular formula is C14H19N3O4. The van der Waals surface area contributed by atoms with Gasteiger partial charge in [-0.3, -0.25) is 10.1 Å². The lowest BCUT2D eigenvalue weighted by Crippen LogP contribution is -2.33. The van der Waals surface area contributed by atoms with Gasteiger partial charge in [0.15, 0.2) is 0 Å². The van der Waals surface area contributed by atoms with E-state index in [0.717, 1.165) is 32.0 Å². The third kappa shape index (κ3) is 3.91. The average molecular weight is 293 g/mol. The van der Waals surface area contributed by atoms with Crippen LogP contribution in [0.25, 0.3) is 0 Å². The van der Waals surface area contributed by atoms with Crippen molar-refractivity contribution in [3.8, 4) is 0 Å². The van der Waals surface area contributed by atoms with Crippen LogP contribution in [0.5, 0.6) is 0 Å².